The molecule has 3 heteroatoms. The van der Waals surface area contributed by atoms with Crippen LogP contribution in [0.3, 0.4) is 0 Å². The fraction of sp³-hybridized carbons (Fsp3) is 0.889. The van der Waals surface area contributed by atoms with Gasteiger partial charge in [-0.2, -0.15) is 0 Å². The topological polar surface area (TPSA) is 52.3 Å². The first-order valence-electron chi connectivity index (χ1n) is 4.45. The van der Waals surface area contributed by atoms with Gasteiger partial charge in [-0.25, -0.2) is 0 Å². The highest BCUT2D eigenvalue weighted by molar-refractivity contribution is 5.75. The van der Waals surface area contributed by atoms with Crippen molar-refractivity contribution >= 4 is 5.97 Å². The Bertz CT molecular complexity index is 145. The number of rotatable bonds is 4. The third-order valence-electron chi connectivity index (χ3n) is 1.98. The van der Waals surface area contributed by atoms with Gasteiger partial charge in [-0.05, 0) is 19.3 Å². The lowest BCUT2D eigenvalue weighted by Crippen LogP contribution is -2.34. The maximum Gasteiger partial charge on any atom is 0.323 e. The molecule has 0 aromatic heterocycles. The maximum absolute atomic E-state index is 11.1. The first-order valence-corrected chi connectivity index (χ1v) is 4.45. The van der Waals surface area contributed by atoms with Crippen molar-refractivity contribution in [3.63, 3.8) is 0 Å². The summed E-state index contributed by atoms with van der Waals surface area (Å²) >= 11 is 0. The van der Waals surface area contributed by atoms with E-state index in [0.717, 1.165) is 0 Å². The molecule has 2 atom stereocenters. The molecule has 0 radical (unpaired) electrons. The van der Waals surface area contributed by atoms with E-state index in [1.165, 1.54) is 0 Å². The summed E-state index contributed by atoms with van der Waals surface area (Å²) in [5.41, 5.74) is 5.49. The first-order chi connectivity index (χ1) is 5.49. The van der Waals surface area contributed by atoms with Crippen molar-refractivity contribution in [3.8, 4) is 0 Å². The number of carbonyl (C=O) groups excluding carboxylic acids is 1. The van der Waals surface area contributed by atoms with Crippen LogP contribution in [0.5, 0.6) is 0 Å². The Hall–Kier alpha value is -0.570. The molecule has 0 fully saturated rings. The Balaban J connectivity index is 3.84. The van der Waals surface area contributed by atoms with E-state index in [1.54, 1.807) is 0 Å². The van der Waals surface area contributed by atoms with E-state index in [9.17, 15) is 4.79 Å². The fourth-order valence-electron chi connectivity index (χ4n) is 0.573. The number of hydrogen-bond acceptors (Lipinski definition) is 3. The van der Waals surface area contributed by atoms with Crippen LogP contribution in [0.1, 0.15) is 34.1 Å². The van der Waals surface area contributed by atoms with Gasteiger partial charge in [0, 0.05) is 0 Å². The first kappa shape index (κ1) is 11.4. The van der Waals surface area contributed by atoms with Crippen molar-refractivity contribution < 1.29 is 9.53 Å². The van der Waals surface area contributed by atoms with Crippen LogP contribution >= 0.6 is 0 Å². The second kappa shape index (κ2) is 5.14. The summed E-state index contributed by atoms with van der Waals surface area (Å²) in [4.78, 5) is 11.1. The lowest BCUT2D eigenvalue weighted by molar-refractivity contribution is -0.151. The minimum atomic E-state index is -0.466. The summed E-state index contributed by atoms with van der Waals surface area (Å²) in [6.07, 6.45) is 0.582. The standard InChI is InChI=1S/C9H19NO2/c1-5-8(10)9(11)12-7(4)6(2)3/h6-8H,5,10H2,1-4H3/t7-,8-/m1/s1. The summed E-state index contributed by atoms with van der Waals surface area (Å²) in [6, 6.07) is -0.466. The van der Waals surface area contributed by atoms with E-state index in [1.807, 2.05) is 27.7 Å². The van der Waals surface area contributed by atoms with E-state index >= 15 is 0 Å². The molecule has 0 spiro atoms. The molecule has 3 nitrogen and oxygen atoms in total. The molecule has 0 aliphatic heterocycles. The molecule has 0 saturated heterocycles. The van der Waals surface area contributed by atoms with Gasteiger partial charge in [-0.3, -0.25) is 4.79 Å². The summed E-state index contributed by atoms with van der Waals surface area (Å²) in [5, 5.41) is 0. The number of hydrogen-bond donors (Lipinski definition) is 1. The van der Waals surface area contributed by atoms with E-state index in [0.29, 0.717) is 12.3 Å². The summed E-state index contributed by atoms with van der Waals surface area (Å²) in [6.45, 7) is 7.77. The third-order valence-corrected chi connectivity index (χ3v) is 1.98. The zero-order chi connectivity index (χ0) is 9.72. The molecule has 0 aliphatic carbocycles. The highest BCUT2D eigenvalue weighted by Gasteiger charge is 2.17. The summed E-state index contributed by atoms with van der Waals surface area (Å²) < 4.78 is 5.10. The predicted molar refractivity (Wildman–Crippen MR) is 48.7 cm³/mol. The van der Waals surface area contributed by atoms with Gasteiger partial charge in [-0.15, -0.1) is 0 Å². The van der Waals surface area contributed by atoms with Crippen molar-refractivity contribution in [2.45, 2.75) is 46.3 Å². The Kier molecular flexibility index (Phi) is 4.90. The van der Waals surface area contributed by atoms with Crippen molar-refractivity contribution in [1.29, 1.82) is 0 Å². The third kappa shape index (κ3) is 3.72. The van der Waals surface area contributed by atoms with E-state index in [2.05, 4.69) is 0 Å². The molecule has 0 rings (SSSR count). The predicted octanol–water partition coefficient (Wildman–Crippen LogP) is 1.31. The van der Waals surface area contributed by atoms with Crippen LogP contribution in [-0.2, 0) is 9.53 Å². The van der Waals surface area contributed by atoms with E-state index in [-0.39, 0.29) is 12.1 Å². The lowest BCUT2D eigenvalue weighted by Gasteiger charge is -2.18. The molecule has 72 valence electrons. The normalized spacial score (nSPS) is 15.8. The van der Waals surface area contributed by atoms with E-state index in [4.69, 9.17) is 10.5 Å². The minimum absolute atomic E-state index is 0.0462. The lowest BCUT2D eigenvalue weighted by atomic mass is 10.1. The number of esters is 1. The smallest absolute Gasteiger partial charge is 0.323 e. The van der Waals surface area contributed by atoms with E-state index < -0.39 is 6.04 Å². The Morgan fingerprint density at radius 2 is 1.92 bits per heavy atom. The molecule has 12 heavy (non-hydrogen) atoms. The van der Waals surface area contributed by atoms with Crippen LogP contribution in [0.2, 0.25) is 0 Å². The molecule has 0 aromatic rings. The fourth-order valence-corrected chi connectivity index (χ4v) is 0.573. The van der Waals surface area contributed by atoms with Crippen LogP contribution < -0.4 is 5.73 Å². The molecule has 0 heterocycles. The average Bonchev–Trinajstić information content (AvgIpc) is 2.02. The zero-order valence-corrected chi connectivity index (χ0v) is 8.33. The van der Waals surface area contributed by atoms with Gasteiger partial charge in [-0.1, -0.05) is 20.8 Å². The maximum atomic E-state index is 11.1. The van der Waals surface area contributed by atoms with Crippen molar-refractivity contribution in [2.75, 3.05) is 0 Å². The molecule has 0 aliphatic rings. The largest absolute Gasteiger partial charge is 0.461 e. The Morgan fingerprint density at radius 1 is 1.42 bits per heavy atom. The van der Waals surface area contributed by atoms with Crippen LogP contribution in [0.4, 0.5) is 0 Å². The Labute approximate surface area is 74.3 Å². The van der Waals surface area contributed by atoms with Gasteiger partial charge in [0.2, 0.25) is 0 Å². The SMILES string of the molecule is CC[C@@H](N)C(=O)O[C@H](C)C(C)C. The van der Waals surface area contributed by atoms with Gasteiger partial charge in [0.05, 0.1) is 0 Å². The number of nitrogens with two attached hydrogens (primary N) is 1. The molecular weight excluding hydrogens is 154 g/mol. The minimum Gasteiger partial charge on any atom is -0.461 e. The highest BCUT2D eigenvalue weighted by atomic mass is 16.5. The van der Waals surface area contributed by atoms with Gasteiger partial charge in [0.1, 0.15) is 12.1 Å². The zero-order valence-electron chi connectivity index (χ0n) is 8.33. The van der Waals surface area contributed by atoms with Crippen molar-refractivity contribution in [3.05, 3.63) is 0 Å². The van der Waals surface area contributed by atoms with Crippen molar-refractivity contribution in [1.82, 2.24) is 0 Å². The van der Waals surface area contributed by atoms with Gasteiger partial charge in [0.25, 0.3) is 0 Å². The van der Waals surface area contributed by atoms with Gasteiger partial charge >= 0.3 is 5.97 Å². The summed E-state index contributed by atoms with van der Waals surface area (Å²) in [5.74, 6) is 0.0525. The molecule has 0 saturated carbocycles. The molecule has 0 amide bonds. The van der Waals surface area contributed by atoms with Crippen LogP contribution in [-0.4, -0.2) is 18.1 Å². The molecule has 2 N–H and O–H groups in total. The number of ether oxygens (including phenoxy) is 1. The molecule has 0 unspecified atom stereocenters. The highest BCUT2D eigenvalue weighted by Crippen LogP contribution is 2.06. The number of carbonyl (C=O) groups is 1. The second-order valence-corrected chi connectivity index (χ2v) is 3.40. The second-order valence-electron chi connectivity index (χ2n) is 3.40. The molecule has 0 bridgehead atoms. The summed E-state index contributed by atoms with van der Waals surface area (Å²) in [7, 11) is 0. The quantitative estimate of drug-likeness (QED) is 0.652. The van der Waals surface area contributed by atoms with Gasteiger partial charge < -0.3 is 10.5 Å². The van der Waals surface area contributed by atoms with Crippen LogP contribution in [0, 0.1) is 5.92 Å². The monoisotopic (exact) mass is 173 g/mol. The molecular formula is C9H19NO2. The van der Waals surface area contributed by atoms with Crippen molar-refractivity contribution in [2.24, 2.45) is 11.7 Å². The van der Waals surface area contributed by atoms with Gasteiger partial charge in [0.15, 0.2) is 0 Å². The van der Waals surface area contributed by atoms with Crippen LogP contribution in [0.15, 0.2) is 0 Å². The average molecular weight is 173 g/mol. The Morgan fingerprint density at radius 3 is 2.25 bits per heavy atom. The van der Waals surface area contributed by atoms with Crippen LogP contribution in [0.25, 0.3) is 0 Å². The molecule has 0 aromatic carbocycles.